The zero-order valence-electron chi connectivity index (χ0n) is 11.5. The van der Waals surface area contributed by atoms with Crippen molar-refractivity contribution < 1.29 is 0 Å². The van der Waals surface area contributed by atoms with Gasteiger partial charge in [0.1, 0.15) is 0 Å². The number of thioether (sulfide) groups is 1. The van der Waals surface area contributed by atoms with Crippen LogP contribution in [0.1, 0.15) is 30.7 Å². The molecular formula is C16H20N2S. The van der Waals surface area contributed by atoms with E-state index in [-0.39, 0.29) is 0 Å². The van der Waals surface area contributed by atoms with Gasteiger partial charge in [0.25, 0.3) is 0 Å². The molecule has 100 valence electrons. The topological polar surface area (TPSA) is 38.9 Å². The zero-order chi connectivity index (χ0) is 13.7. The largest absolute Gasteiger partial charge is 0.399 e. The summed E-state index contributed by atoms with van der Waals surface area (Å²) in [4.78, 5) is 5.75. The van der Waals surface area contributed by atoms with E-state index in [1.165, 1.54) is 21.7 Å². The molecule has 19 heavy (non-hydrogen) atoms. The van der Waals surface area contributed by atoms with Gasteiger partial charge >= 0.3 is 0 Å². The van der Waals surface area contributed by atoms with Gasteiger partial charge in [0.15, 0.2) is 0 Å². The molecule has 2 N–H and O–H groups in total. The molecule has 1 aromatic carbocycles. The standard InChI is InChI=1S/C16H20N2S/c1-3-12-9-10-18-16(4-2)15(12)11-19-14-7-5-13(17)6-8-14/h5-10H,3-4,11,17H2,1-2H3. The molecule has 0 unspecified atom stereocenters. The van der Waals surface area contributed by atoms with Gasteiger partial charge < -0.3 is 5.73 Å². The molecule has 0 aliphatic heterocycles. The summed E-state index contributed by atoms with van der Waals surface area (Å²) in [6, 6.07) is 10.2. The number of nitrogen functional groups attached to an aromatic ring is 1. The smallest absolute Gasteiger partial charge is 0.0444 e. The number of hydrogen-bond acceptors (Lipinski definition) is 3. The number of rotatable bonds is 5. The Morgan fingerprint density at radius 1 is 1.05 bits per heavy atom. The van der Waals surface area contributed by atoms with Crippen molar-refractivity contribution in [1.82, 2.24) is 4.98 Å². The number of nitrogens with two attached hydrogens (primary N) is 1. The van der Waals surface area contributed by atoms with Crippen molar-refractivity contribution in [3.05, 3.63) is 53.3 Å². The highest BCUT2D eigenvalue weighted by Gasteiger charge is 2.08. The molecule has 0 radical (unpaired) electrons. The highest BCUT2D eigenvalue weighted by atomic mass is 32.2. The fourth-order valence-electron chi connectivity index (χ4n) is 2.11. The Bertz CT molecular complexity index is 513. The maximum absolute atomic E-state index is 5.71. The Hall–Kier alpha value is -1.48. The number of anilines is 1. The summed E-state index contributed by atoms with van der Waals surface area (Å²) in [5, 5.41) is 0. The summed E-state index contributed by atoms with van der Waals surface area (Å²) in [7, 11) is 0. The van der Waals surface area contributed by atoms with E-state index in [9.17, 15) is 0 Å². The normalized spacial score (nSPS) is 10.6. The molecular weight excluding hydrogens is 252 g/mol. The Balaban J connectivity index is 2.16. The van der Waals surface area contributed by atoms with Crippen molar-refractivity contribution >= 4 is 17.4 Å². The van der Waals surface area contributed by atoms with Crippen molar-refractivity contribution in [3.63, 3.8) is 0 Å². The molecule has 0 spiro atoms. The van der Waals surface area contributed by atoms with Crippen LogP contribution in [0.3, 0.4) is 0 Å². The van der Waals surface area contributed by atoms with Gasteiger partial charge in [-0.25, -0.2) is 0 Å². The maximum atomic E-state index is 5.71. The fraction of sp³-hybridized carbons (Fsp3) is 0.312. The third kappa shape index (κ3) is 3.51. The Kier molecular flexibility index (Phi) is 4.86. The quantitative estimate of drug-likeness (QED) is 0.658. The lowest BCUT2D eigenvalue weighted by Gasteiger charge is -2.11. The number of benzene rings is 1. The summed E-state index contributed by atoms with van der Waals surface area (Å²) in [5.41, 5.74) is 10.6. The van der Waals surface area contributed by atoms with E-state index < -0.39 is 0 Å². The Morgan fingerprint density at radius 3 is 2.42 bits per heavy atom. The number of aromatic nitrogens is 1. The molecule has 0 saturated carbocycles. The van der Waals surface area contributed by atoms with Crippen LogP contribution in [-0.2, 0) is 18.6 Å². The number of aryl methyl sites for hydroxylation is 2. The van der Waals surface area contributed by atoms with Crippen LogP contribution < -0.4 is 5.73 Å². The van der Waals surface area contributed by atoms with Crippen molar-refractivity contribution in [3.8, 4) is 0 Å². The van der Waals surface area contributed by atoms with Crippen LogP contribution in [-0.4, -0.2) is 4.98 Å². The monoisotopic (exact) mass is 272 g/mol. The highest BCUT2D eigenvalue weighted by Crippen LogP contribution is 2.27. The molecule has 0 fully saturated rings. The van der Waals surface area contributed by atoms with Crippen molar-refractivity contribution in [1.29, 1.82) is 0 Å². The third-order valence-corrected chi connectivity index (χ3v) is 4.26. The minimum atomic E-state index is 0.814. The van der Waals surface area contributed by atoms with Gasteiger partial charge in [0.05, 0.1) is 0 Å². The highest BCUT2D eigenvalue weighted by molar-refractivity contribution is 7.98. The second-order valence-corrected chi connectivity index (χ2v) is 5.51. The van der Waals surface area contributed by atoms with E-state index in [1.54, 1.807) is 0 Å². The minimum Gasteiger partial charge on any atom is -0.399 e. The van der Waals surface area contributed by atoms with Crippen LogP contribution in [0.25, 0.3) is 0 Å². The van der Waals surface area contributed by atoms with Gasteiger partial charge in [-0.1, -0.05) is 13.8 Å². The lowest BCUT2D eigenvalue weighted by Crippen LogP contribution is -2.00. The third-order valence-electron chi connectivity index (χ3n) is 3.22. The summed E-state index contributed by atoms with van der Waals surface area (Å²) >= 11 is 1.85. The summed E-state index contributed by atoms with van der Waals surface area (Å²) in [6.45, 7) is 4.37. The van der Waals surface area contributed by atoms with Crippen LogP contribution >= 0.6 is 11.8 Å². The van der Waals surface area contributed by atoms with E-state index in [2.05, 4.69) is 37.0 Å². The molecule has 0 bridgehead atoms. The molecule has 0 saturated heterocycles. The van der Waals surface area contributed by atoms with Gasteiger partial charge in [-0.05, 0) is 54.3 Å². The Labute approximate surface area is 119 Å². The lowest BCUT2D eigenvalue weighted by molar-refractivity contribution is 0.965. The summed E-state index contributed by atoms with van der Waals surface area (Å²) < 4.78 is 0. The van der Waals surface area contributed by atoms with Crippen LogP contribution in [0.15, 0.2) is 41.4 Å². The van der Waals surface area contributed by atoms with Gasteiger partial charge in [-0.3, -0.25) is 4.98 Å². The molecule has 1 heterocycles. The number of nitrogens with zero attached hydrogens (tertiary/aromatic N) is 1. The second-order valence-electron chi connectivity index (χ2n) is 4.46. The molecule has 3 heteroatoms. The molecule has 2 aromatic rings. The van der Waals surface area contributed by atoms with E-state index in [0.29, 0.717) is 0 Å². The van der Waals surface area contributed by atoms with Crippen LogP contribution in [0.5, 0.6) is 0 Å². The van der Waals surface area contributed by atoms with E-state index >= 15 is 0 Å². The minimum absolute atomic E-state index is 0.814. The fourth-order valence-corrected chi connectivity index (χ4v) is 3.10. The molecule has 1 aromatic heterocycles. The predicted molar refractivity (Wildman–Crippen MR) is 83.4 cm³/mol. The van der Waals surface area contributed by atoms with E-state index in [0.717, 1.165) is 24.3 Å². The van der Waals surface area contributed by atoms with Crippen LogP contribution in [0.2, 0.25) is 0 Å². The van der Waals surface area contributed by atoms with Gasteiger partial charge in [-0.15, -0.1) is 11.8 Å². The lowest BCUT2D eigenvalue weighted by atomic mass is 10.0. The van der Waals surface area contributed by atoms with E-state index in [1.807, 2.05) is 30.1 Å². The zero-order valence-corrected chi connectivity index (χ0v) is 12.3. The average Bonchev–Trinajstić information content (AvgIpc) is 2.46. The first-order valence-corrected chi connectivity index (χ1v) is 7.67. The molecule has 0 atom stereocenters. The van der Waals surface area contributed by atoms with Gasteiger partial charge in [0.2, 0.25) is 0 Å². The first-order valence-electron chi connectivity index (χ1n) is 6.68. The molecule has 2 rings (SSSR count). The Morgan fingerprint density at radius 2 is 1.79 bits per heavy atom. The number of hydrogen-bond donors (Lipinski definition) is 1. The van der Waals surface area contributed by atoms with Crippen LogP contribution in [0, 0.1) is 0 Å². The van der Waals surface area contributed by atoms with Crippen molar-refractivity contribution in [2.45, 2.75) is 37.3 Å². The van der Waals surface area contributed by atoms with Gasteiger partial charge in [-0.2, -0.15) is 0 Å². The first-order chi connectivity index (χ1) is 9.24. The molecule has 0 amide bonds. The first kappa shape index (κ1) is 13.9. The van der Waals surface area contributed by atoms with Crippen molar-refractivity contribution in [2.24, 2.45) is 0 Å². The second kappa shape index (κ2) is 6.62. The summed E-state index contributed by atoms with van der Waals surface area (Å²) in [6.07, 6.45) is 3.98. The molecule has 0 aliphatic carbocycles. The number of pyridine rings is 1. The molecule has 0 aliphatic rings. The SMILES string of the molecule is CCc1ccnc(CC)c1CSc1ccc(N)cc1. The maximum Gasteiger partial charge on any atom is 0.0444 e. The van der Waals surface area contributed by atoms with Gasteiger partial charge in [0, 0.05) is 28.2 Å². The van der Waals surface area contributed by atoms with Crippen LogP contribution in [0.4, 0.5) is 5.69 Å². The van der Waals surface area contributed by atoms with Crippen molar-refractivity contribution in [2.75, 3.05) is 5.73 Å². The summed E-state index contributed by atoms with van der Waals surface area (Å²) in [5.74, 6) is 0.976. The average molecular weight is 272 g/mol. The van der Waals surface area contributed by atoms with E-state index in [4.69, 9.17) is 5.73 Å². The predicted octanol–water partition coefficient (Wildman–Crippen LogP) is 4.08. The molecule has 2 nitrogen and oxygen atoms in total.